The minimum absolute atomic E-state index is 0.00831. The van der Waals surface area contributed by atoms with Crippen LogP contribution in [0.5, 0.6) is 0 Å². The van der Waals surface area contributed by atoms with Gasteiger partial charge in [0.25, 0.3) is 5.69 Å². The van der Waals surface area contributed by atoms with Crippen molar-refractivity contribution >= 4 is 23.2 Å². The van der Waals surface area contributed by atoms with Gasteiger partial charge in [0.05, 0.1) is 23.4 Å². The largest absolute Gasteiger partial charge is 0.365 e. The van der Waals surface area contributed by atoms with Gasteiger partial charge in [-0.15, -0.1) is 0 Å². The Balaban J connectivity index is 1.86. The molecule has 2 N–H and O–H groups in total. The van der Waals surface area contributed by atoms with Crippen LogP contribution >= 0.6 is 0 Å². The maximum atomic E-state index is 13.0. The number of nitro groups is 1. The molecule has 9 nitrogen and oxygen atoms in total. The lowest BCUT2D eigenvalue weighted by Crippen LogP contribution is -2.62. The van der Waals surface area contributed by atoms with Crippen molar-refractivity contribution < 1.29 is 14.5 Å². The van der Waals surface area contributed by atoms with Gasteiger partial charge in [-0.2, -0.15) is 0 Å². The number of benzene rings is 1. The topological polar surface area (TPSA) is 108 Å². The van der Waals surface area contributed by atoms with Crippen molar-refractivity contribution in [3.63, 3.8) is 0 Å². The lowest BCUT2D eigenvalue weighted by molar-refractivity contribution is -0.384. The van der Waals surface area contributed by atoms with Gasteiger partial charge in [-0.05, 0) is 45.7 Å². The number of rotatable bonds is 6. The van der Waals surface area contributed by atoms with Gasteiger partial charge in [0.1, 0.15) is 0 Å². The second-order valence-corrected chi connectivity index (χ2v) is 8.76. The average Bonchev–Trinajstić information content (AvgIpc) is 2.65. The monoisotopic (exact) mass is 417 g/mol. The lowest BCUT2D eigenvalue weighted by Gasteiger charge is -2.49. The fourth-order valence-electron chi connectivity index (χ4n) is 4.39. The molecule has 0 bridgehead atoms. The second-order valence-electron chi connectivity index (χ2n) is 8.76. The summed E-state index contributed by atoms with van der Waals surface area (Å²) in [5, 5.41) is 17.1. The van der Waals surface area contributed by atoms with Crippen LogP contribution in [0, 0.1) is 16.0 Å². The van der Waals surface area contributed by atoms with E-state index >= 15 is 0 Å². The zero-order valence-corrected chi connectivity index (χ0v) is 18.1. The van der Waals surface area contributed by atoms with E-state index in [1.165, 1.54) is 6.07 Å². The molecule has 1 saturated heterocycles. The Labute approximate surface area is 176 Å². The highest BCUT2D eigenvalue weighted by atomic mass is 16.6. The Morgan fingerprint density at radius 3 is 2.50 bits per heavy atom. The zero-order chi connectivity index (χ0) is 22.0. The van der Waals surface area contributed by atoms with E-state index in [0.29, 0.717) is 32.6 Å². The molecule has 9 heteroatoms. The molecule has 2 aliphatic heterocycles. The standard InChI is InChI=1S/C21H31N5O4/c1-13(2)22-20(27)12-24-7-8-25-18-6-5-16(26(29)30)9-15(18)10-17(19(25)11-24)21(28)23-14(3)4/h5-6,9,13-14,17,19H,7-8,10-12H2,1-4H3,(H,22,27)(H,23,28). The number of piperazine rings is 1. The van der Waals surface area contributed by atoms with Gasteiger partial charge in [-0.3, -0.25) is 24.6 Å². The molecule has 2 aliphatic rings. The normalized spacial score (nSPS) is 21.2. The molecule has 2 amide bonds. The van der Waals surface area contributed by atoms with Gasteiger partial charge in [0.2, 0.25) is 11.8 Å². The van der Waals surface area contributed by atoms with Gasteiger partial charge in [0.15, 0.2) is 0 Å². The van der Waals surface area contributed by atoms with Crippen LogP contribution in [-0.4, -0.2) is 65.9 Å². The molecule has 2 unspecified atom stereocenters. The van der Waals surface area contributed by atoms with E-state index in [-0.39, 0.29) is 41.5 Å². The van der Waals surface area contributed by atoms with Crippen molar-refractivity contribution in [3.05, 3.63) is 33.9 Å². The Bertz CT molecular complexity index is 826. The van der Waals surface area contributed by atoms with Crippen LogP contribution in [0.2, 0.25) is 0 Å². The summed E-state index contributed by atoms with van der Waals surface area (Å²) in [5.41, 5.74) is 1.82. The van der Waals surface area contributed by atoms with E-state index < -0.39 is 4.92 Å². The smallest absolute Gasteiger partial charge is 0.269 e. The second kappa shape index (κ2) is 8.99. The summed E-state index contributed by atoms with van der Waals surface area (Å²) >= 11 is 0. The number of fused-ring (bicyclic) bond motifs is 3. The van der Waals surface area contributed by atoms with Crippen LogP contribution in [-0.2, 0) is 16.0 Å². The minimum atomic E-state index is -0.402. The van der Waals surface area contributed by atoms with Gasteiger partial charge in [0, 0.05) is 49.5 Å². The first-order valence-corrected chi connectivity index (χ1v) is 10.5. The molecule has 0 aliphatic carbocycles. The maximum absolute atomic E-state index is 13.0. The van der Waals surface area contributed by atoms with Gasteiger partial charge < -0.3 is 15.5 Å². The number of hydrogen-bond acceptors (Lipinski definition) is 6. The predicted octanol–water partition coefficient (Wildman–Crippen LogP) is 1.31. The highest BCUT2D eigenvalue weighted by Gasteiger charge is 2.42. The summed E-state index contributed by atoms with van der Waals surface area (Å²) in [6, 6.07) is 4.90. The minimum Gasteiger partial charge on any atom is -0.365 e. The average molecular weight is 418 g/mol. The Morgan fingerprint density at radius 2 is 1.87 bits per heavy atom. The number of carbonyl (C=O) groups is 2. The number of amides is 2. The number of nitrogens with zero attached hydrogens (tertiary/aromatic N) is 3. The fourth-order valence-corrected chi connectivity index (χ4v) is 4.39. The van der Waals surface area contributed by atoms with Crippen LogP contribution in [0.15, 0.2) is 18.2 Å². The molecule has 30 heavy (non-hydrogen) atoms. The molecule has 1 aromatic rings. The van der Waals surface area contributed by atoms with E-state index in [4.69, 9.17) is 0 Å². The van der Waals surface area contributed by atoms with Crippen LogP contribution in [0.25, 0.3) is 0 Å². The molecular formula is C21H31N5O4. The van der Waals surface area contributed by atoms with Gasteiger partial charge >= 0.3 is 0 Å². The SMILES string of the molecule is CC(C)NC(=O)CN1CCN2c3ccc([N+](=O)[O-])cc3CC(C(=O)NC(C)C)C2C1. The third-order valence-electron chi connectivity index (χ3n) is 5.57. The Morgan fingerprint density at radius 1 is 1.17 bits per heavy atom. The molecule has 0 aromatic heterocycles. The van der Waals surface area contributed by atoms with Gasteiger partial charge in [-0.25, -0.2) is 0 Å². The summed E-state index contributed by atoms with van der Waals surface area (Å²) in [6.45, 7) is 9.94. The summed E-state index contributed by atoms with van der Waals surface area (Å²) < 4.78 is 0. The zero-order valence-electron chi connectivity index (χ0n) is 18.1. The number of anilines is 1. The van der Waals surface area contributed by atoms with Crippen LogP contribution < -0.4 is 15.5 Å². The third-order valence-corrected chi connectivity index (χ3v) is 5.57. The summed E-state index contributed by atoms with van der Waals surface area (Å²) in [4.78, 5) is 40.3. The molecular weight excluding hydrogens is 386 g/mol. The lowest BCUT2D eigenvalue weighted by atomic mass is 9.83. The van der Waals surface area contributed by atoms with E-state index in [1.54, 1.807) is 12.1 Å². The fraction of sp³-hybridized carbons (Fsp3) is 0.619. The number of carbonyl (C=O) groups excluding carboxylic acids is 2. The van der Waals surface area contributed by atoms with E-state index in [9.17, 15) is 19.7 Å². The Hall–Kier alpha value is -2.68. The summed E-state index contributed by atoms with van der Waals surface area (Å²) in [7, 11) is 0. The highest BCUT2D eigenvalue weighted by Crippen LogP contribution is 2.37. The van der Waals surface area contributed by atoms with Crippen molar-refractivity contribution in [3.8, 4) is 0 Å². The van der Waals surface area contributed by atoms with Crippen LogP contribution in [0.3, 0.4) is 0 Å². The first-order chi connectivity index (χ1) is 14.2. The maximum Gasteiger partial charge on any atom is 0.269 e. The first-order valence-electron chi connectivity index (χ1n) is 10.5. The number of nitro benzene ring substituents is 1. The van der Waals surface area contributed by atoms with Crippen molar-refractivity contribution in [2.45, 2.75) is 52.2 Å². The Kier molecular flexibility index (Phi) is 6.60. The molecule has 0 saturated carbocycles. The number of non-ortho nitro benzene ring substituents is 1. The molecule has 2 heterocycles. The molecule has 1 aromatic carbocycles. The molecule has 1 fully saturated rings. The molecule has 0 radical (unpaired) electrons. The quantitative estimate of drug-likeness (QED) is 0.534. The van der Waals surface area contributed by atoms with Crippen LogP contribution in [0.1, 0.15) is 33.3 Å². The van der Waals surface area contributed by atoms with E-state index in [1.807, 2.05) is 27.7 Å². The molecule has 2 atom stereocenters. The van der Waals surface area contributed by atoms with Crippen molar-refractivity contribution in [1.29, 1.82) is 0 Å². The van der Waals surface area contributed by atoms with Crippen LogP contribution in [0.4, 0.5) is 11.4 Å². The van der Waals surface area contributed by atoms with E-state index in [0.717, 1.165) is 11.3 Å². The number of hydrogen-bond donors (Lipinski definition) is 2. The van der Waals surface area contributed by atoms with Crippen molar-refractivity contribution in [2.24, 2.45) is 5.92 Å². The third kappa shape index (κ3) is 4.89. The summed E-state index contributed by atoms with van der Waals surface area (Å²) in [6.07, 6.45) is 0.447. The van der Waals surface area contributed by atoms with Crippen molar-refractivity contribution in [1.82, 2.24) is 15.5 Å². The molecule has 164 valence electrons. The summed E-state index contributed by atoms with van der Waals surface area (Å²) in [5.74, 6) is -0.406. The van der Waals surface area contributed by atoms with E-state index in [2.05, 4.69) is 20.4 Å². The first kappa shape index (κ1) is 22.0. The highest BCUT2D eigenvalue weighted by molar-refractivity contribution is 5.82. The number of nitrogens with one attached hydrogen (secondary N) is 2. The van der Waals surface area contributed by atoms with Gasteiger partial charge in [-0.1, -0.05) is 0 Å². The molecule has 0 spiro atoms. The van der Waals surface area contributed by atoms with Crippen molar-refractivity contribution in [2.75, 3.05) is 31.1 Å². The predicted molar refractivity (Wildman–Crippen MR) is 114 cm³/mol. The molecule has 3 rings (SSSR count).